The molecule has 1 aliphatic rings. The van der Waals surface area contributed by atoms with E-state index in [2.05, 4.69) is 5.16 Å². The molecule has 1 aliphatic carbocycles. The van der Waals surface area contributed by atoms with Crippen molar-refractivity contribution in [2.24, 2.45) is 0 Å². The zero-order chi connectivity index (χ0) is 24.5. The van der Waals surface area contributed by atoms with Crippen LogP contribution in [-0.2, 0) is 17.6 Å². The number of nitrogens with zero attached hydrogens (tertiary/aromatic N) is 2. The molecule has 0 saturated heterocycles. The Kier molecular flexibility index (Phi) is 9.76. The van der Waals surface area contributed by atoms with Crippen LogP contribution < -0.4 is 4.74 Å². The van der Waals surface area contributed by atoms with Crippen LogP contribution in [0.25, 0.3) is 16.9 Å². The summed E-state index contributed by atoms with van der Waals surface area (Å²) in [6.45, 7) is 13.9. The van der Waals surface area contributed by atoms with Gasteiger partial charge in [0.25, 0.3) is 0 Å². The van der Waals surface area contributed by atoms with Crippen molar-refractivity contribution in [2.75, 3.05) is 13.7 Å². The second kappa shape index (κ2) is 12.3. The summed E-state index contributed by atoms with van der Waals surface area (Å²) in [5, 5.41) is 4.14. The number of aryl methyl sites for hydroxylation is 2. The lowest BCUT2D eigenvalue weighted by Gasteiger charge is -2.15. The normalized spacial score (nSPS) is 12.0. The number of fused-ring (bicyclic) bond motifs is 1. The molecule has 33 heavy (non-hydrogen) atoms. The van der Waals surface area contributed by atoms with Crippen molar-refractivity contribution >= 4 is 5.97 Å². The fourth-order valence-corrected chi connectivity index (χ4v) is 4.30. The van der Waals surface area contributed by atoms with E-state index in [9.17, 15) is 4.79 Å². The minimum atomic E-state index is -0.301. The number of benzene rings is 1. The maximum Gasteiger partial charge on any atom is 0.355 e. The number of hydrogen-bond donors (Lipinski definition) is 0. The summed E-state index contributed by atoms with van der Waals surface area (Å²) in [5.41, 5.74) is 6.49. The van der Waals surface area contributed by atoms with E-state index in [1.807, 2.05) is 77.3 Å². The third-order valence-electron chi connectivity index (χ3n) is 5.54. The number of rotatable bonds is 5. The number of carbonyl (C=O) groups is 1. The number of ether oxygens (including phenoxy) is 2. The molecule has 0 amide bonds. The molecule has 180 valence electrons. The Morgan fingerprint density at radius 3 is 2.15 bits per heavy atom. The van der Waals surface area contributed by atoms with Crippen molar-refractivity contribution in [3.05, 3.63) is 52.5 Å². The zero-order valence-corrected chi connectivity index (χ0v) is 21.4. The predicted molar refractivity (Wildman–Crippen MR) is 133 cm³/mol. The minimum Gasteiger partial charge on any atom is -0.497 e. The largest absolute Gasteiger partial charge is 0.497 e. The molecule has 0 unspecified atom stereocenters. The number of hydrogen-bond acceptors (Lipinski definition) is 5. The van der Waals surface area contributed by atoms with Gasteiger partial charge in [0.1, 0.15) is 22.8 Å². The minimum absolute atomic E-state index is 0.301. The Morgan fingerprint density at radius 1 is 1.03 bits per heavy atom. The van der Waals surface area contributed by atoms with Gasteiger partial charge in [0, 0.05) is 0 Å². The lowest BCUT2D eigenvalue weighted by molar-refractivity contribution is 0.0515. The molecule has 0 aliphatic heterocycles. The zero-order valence-electron chi connectivity index (χ0n) is 21.4. The Labute approximate surface area is 197 Å². The number of esters is 1. The van der Waals surface area contributed by atoms with Crippen LogP contribution >= 0.6 is 0 Å². The van der Waals surface area contributed by atoms with Gasteiger partial charge in [-0.2, -0.15) is 0 Å². The van der Waals surface area contributed by atoms with Crippen LogP contribution in [0.2, 0.25) is 0 Å². The van der Waals surface area contributed by atoms with Crippen LogP contribution in [0.1, 0.15) is 80.5 Å². The van der Waals surface area contributed by atoms with E-state index < -0.39 is 0 Å². The molecule has 0 radical (unpaired) electrons. The first kappa shape index (κ1) is 26.2. The number of methoxy groups -OCH3 is 1. The Hall–Kier alpha value is -3.02. The van der Waals surface area contributed by atoms with Gasteiger partial charge in [0.05, 0.1) is 19.4 Å². The van der Waals surface area contributed by atoms with E-state index >= 15 is 0 Å². The van der Waals surface area contributed by atoms with Gasteiger partial charge in [0.2, 0.25) is 0 Å². The van der Waals surface area contributed by atoms with Gasteiger partial charge in [-0.15, -0.1) is 0 Å². The summed E-state index contributed by atoms with van der Waals surface area (Å²) in [4.78, 5) is 13.1. The maximum absolute atomic E-state index is 13.1. The fraction of sp³-hybridized carbons (Fsp3) is 0.481. The van der Waals surface area contributed by atoms with Gasteiger partial charge in [-0.3, -0.25) is 4.57 Å². The van der Waals surface area contributed by atoms with Gasteiger partial charge in [0.15, 0.2) is 5.76 Å². The predicted octanol–water partition coefficient (Wildman–Crippen LogP) is 6.87. The molecular weight excluding hydrogens is 416 g/mol. The average molecular weight is 455 g/mol. The van der Waals surface area contributed by atoms with Gasteiger partial charge >= 0.3 is 5.97 Å². The lowest BCUT2D eigenvalue weighted by atomic mass is 9.90. The third kappa shape index (κ3) is 5.15. The van der Waals surface area contributed by atoms with Crippen LogP contribution in [0.4, 0.5) is 0 Å². The van der Waals surface area contributed by atoms with E-state index in [4.69, 9.17) is 14.0 Å². The number of aromatic nitrogens is 2. The summed E-state index contributed by atoms with van der Waals surface area (Å²) in [7, 11) is 1.66. The molecule has 0 spiro atoms. The SMILES string of the molecule is CC.CC.CCOC(=O)c1c2c(c(-c3ccc(OC)cc3)n1-c1c(C)noc1C)CCCC2. The second-order valence-corrected chi connectivity index (χ2v) is 7.32. The van der Waals surface area contributed by atoms with Crippen LogP contribution in [0.15, 0.2) is 28.8 Å². The van der Waals surface area contributed by atoms with Crippen molar-refractivity contribution in [3.8, 4) is 22.7 Å². The van der Waals surface area contributed by atoms with Gasteiger partial charge in [-0.1, -0.05) is 32.9 Å². The van der Waals surface area contributed by atoms with Crippen LogP contribution in [0.5, 0.6) is 5.75 Å². The highest BCUT2D eigenvalue weighted by molar-refractivity contribution is 5.94. The van der Waals surface area contributed by atoms with Crippen LogP contribution in [-0.4, -0.2) is 29.4 Å². The standard InChI is InChI=1S/C23H26N2O4.2C2H6/c1-5-28-23(26)22-19-9-7-6-8-18(19)21(16-10-12-17(27-4)13-11-16)25(22)20-14(2)24-29-15(20)3;2*1-2/h10-13H,5-9H2,1-4H3;2*1-2H3. The topological polar surface area (TPSA) is 66.5 Å². The van der Waals surface area contributed by atoms with E-state index in [-0.39, 0.29) is 5.97 Å². The molecule has 0 atom stereocenters. The van der Waals surface area contributed by atoms with E-state index in [0.717, 1.165) is 59.6 Å². The monoisotopic (exact) mass is 454 g/mol. The van der Waals surface area contributed by atoms with Crippen LogP contribution in [0.3, 0.4) is 0 Å². The Balaban J connectivity index is 0.000000914. The summed E-state index contributed by atoms with van der Waals surface area (Å²) < 4.78 is 18.3. The highest BCUT2D eigenvalue weighted by atomic mass is 16.5. The summed E-state index contributed by atoms with van der Waals surface area (Å²) in [6.07, 6.45) is 3.96. The molecule has 3 aromatic rings. The highest BCUT2D eigenvalue weighted by Crippen LogP contribution is 2.40. The Morgan fingerprint density at radius 2 is 1.64 bits per heavy atom. The molecule has 1 aromatic carbocycles. The quantitative estimate of drug-likeness (QED) is 0.394. The molecule has 2 heterocycles. The van der Waals surface area contributed by atoms with E-state index in [0.29, 0.717) is 18.1 Å². The molecule has 0 N–H and O–H groups in total. The van der Waals surface area contributed by atoms with Crippen molar-refractivity contribution in [1.29, 1.82) is 0 Å². The molecule has 0 fully saturated rings. The summed E-state index contributed by atoms with van der Waals surface area (Å²) in [6, 6.07) is 7.96. The van der Waals surface area contributed by atoms with E-state index in [1.54, 1.807) is 7.11 Å². The fourth-order valence-electron chi connectivity index (χ4n) is 4.30. The Bertz CT molecular complexity index is 1030. The van der Waals surface area contributed by atoms with Crippen molar-refractivity contribution in [2.45, 2.75) is 74.1 Å². The van der Waals surface area contributed by atoms with Crippen molar-refractivity contribution in [1.82, 2.24) is 9.72 Å². The molecular formula is C27H38N2O4. The molecule has 2 aromatic heterocycles. The maximum atomic E-state index is 13.1. The molecule has 0 saturated carbocycles. The molecule has 4 rings (SSSR count). The van der Waals surface area contributed by atoms with Crippen molar-refractivity contribution in [3.63, 3.8) is 0 Å². The highest BCUT2D eigenvalue weighted by Gasteiger charge is 2.32. The third-order valence-corrected chi connectivity index (χ3v) is 5.54. The van der Waals surface area contributed by atoms with Gasteiger partial charge in [-0.05, 0) is 87.4 Å². The summed E-state index contributed by atoms with van der Waals surface area (Å²) in [5.74, 6) is 1.17. The summed E-state index contributed by atoms with van der Waals surface area (Å²) >= 11 is 0. The first-order valence-electron chi connectivity index (χ1n) is 12.1. The first-order valence-corrected chi connectivity index (χ1v) is 12.1. The van der Waals surface area contributed by atoms with Gasteiger partial charge in [-0.25, -0.2) is 4.79 Å². The average Bonchev–Trinajstić information content (AvgIpc) is 3.37. The molecule has 6 nitrogen and oxygen atoms in total. The van der Waals surface area contributed by atoms with Crippen molar-refractivity contribution < 1.29 is 18.8 Å². The lowest BCUT2D eigenvalue weighted by Crippen LogP contribution is -2.15. The number of carbonyl (C=O) groups excluding carboxylic acids is 1. The molecule has 0 bridgehead atoms. The first-order chi connectivity index (χ1) is 16.1. The van der Waals surface area contributed by atoms with Gasteiger partial charge < -0.3 is 14.0 Å². The smallest absolute Gasteiger partial charge is 0.355 e. The molecule has 6 heteroatoms. The van der Waals surface area contributed by atoms with E-state index in [1.165, 1.54) is 5.56 Å². The van der Waals surface area contributed by atoms with Crippen LogP contribution in [0, 0.1) is 13.8 Å². The second-order valence-electron chi connectivity index (χ2n) is 7.32.